The van der Waals surface area contributed by atoms with Gasteiger partial charge in [0, 0.05) is 24.7 Å². The third kappa shape index (κ3) is 3.25. The minimum atomic E-state index is 0.0777. The molecule has 2 aromatic heterocycles. The van der Waals surface area contributed by atoms with E-state index in [4.69, 9.17) is 4.52 Å². The molecule has 0 spiro atoms. The monoisotopic (exact) mass is 314 g/mol. The second-order valence-electron chi connectivity index (χ2n) is 6.08. The fourth-order valence-electron chi connectivity index (χ4n) is 3.27. The highest BCUT2D eigenvalue weighted by molar-refractivity contribution is 5.77. The quantitative estimate of drug-likeness (QED) is 0.867. The summed E-state index contributed by atoms with van der Waals surface area (Å²) in [5, 5.41) is 3.95. The van der Waals surface area contributed by atoms with Crippen molar-refractivity contribution in [2.24, 2.45) is 0 Å². The Balaban J connectivity index is 1.69. The molecule has 1 saturated heterocycles. The molecule has 3 rings (SSSR count). The molecule has 1 aliphatic rings. The lowest BCUT2D eigenvalue weighted by atomic mass is 10.1. The summed E-state index contributed by atoms with van der Waals surface area (Å²) in [6.45, 7) is 6.48. The lowest BCUT2D eigenvalue weighted by molar-refractivity contribution is -0.132. The molecule has 6 heteroatoms. The standard InChI is InChI=1S/C17H22N4O2/c1-11-14(12(2)23-20-11)6-7-17(22)21-10-4-5-16(21)15-8-9-18-13(3)19-15/h8-9,16H,4-7,10H2,1-3H3. The molecule has 122 valence electrons. The minimum absolute atomic E-state index is 0.0777. The van der Waals surface area contributed by atoms with Gasteiger partial charge in [-0.1, -0.05) is 5.16 Å². The predicted octanol–water partition coefficient (Wildman–Crippen LogP) is 2.69. The zero-order chi connectivity index (χ0) is 16.4. The smallest absolute Gasteiger partial charge is 0.223 e. The van der Waals surface area contributed by atoms with Crippen molar-refractivity contribution in [2.45, 2.75) is 52.5 Å². The Morgan fingerprint density at radius 1 is 1.39 bits per heavy atom. The average molecular weight is 314 g/mol. The largest absolute Gasteiger partial charge is 0.361 e. The molecule has 1 atom stereocenters. The van der Waals surface area contributed by atoms with Gasteiger partial charge in [0.25, 0.3) is 0 Å². The van der Waals surface area contributed by atoms with Gasteiger partial charge in [-0.15, -0.1) is 0 Å². The summed E-state index contributed by atoms with van der Waals surface area (Å²) in [4.78, 5) is 23.3. The third-order valence-corrected chi connectivity index (χ3v) is 4.48. The van der Waals surface area contributed by atoms with Crippen LogP contribution in [0.15, 0.2) is 16.8 Å². The first-order chi connectivity index (χ1) is 11.1. The Bertz CT molecular complexity index is 691. The van der Waals surface area contributed by atoms with Crippen molar-refractivity contribution < 1.29 is 9.32 Å². The number of nitrogens with zero attached hydrogens (tertiary/aromatic N) is 4. The van der Waals surface area contributed by atoms with Crippen LogP contribution in [0.2, 0.25) is 0 Å². The number of rotatable bonds is 4. The number of carbonyl (C=O) groups excluding carboxylic acids is 1. The topological polar surface area (TPSA) is 72.1 Å². The fourth-order valence-corrected chi connectivity index (χ4v) is 3.27. The Morgan fingerprint density at radius 3 is 2.91 bits per heavy atom. The number of hydrogen-bond acceptors (Lipinski definition) is 5. The third-order valence-electron chi connectivity index (χ3n) is 4.48. The normalized spacial score (nSPS) is 17.7. The average Bonchev–Trinajstić information content (AvgIpc) is 3.13. The van der Waals surface area contributed by atoms with E-state index in [-0.39, 0.29) is 11.9 Å². The highest BCUT2D eigenvalue weighted by Crippen LogP contribution is 2.31. The Labute approximate surface area is 135 Å². The van der Waals surface area contributed by atoms with Crippen molar-refractivity contribution in [3.05, 3.63) is 40.8 Å². The number of amides is 1. The van der Waals surface area contributed by atoms with Gasteiger partial charge in [-0.05, 0) is 46.1 Å². The van der Waals surface area contributed by atoms with Crippen molar-refractivity contribution in [1.82, 2.24) is 20.0 Å². The molecular weight excluding hydrogens is 292 g/mol. The highest BCUT2D eigenvalue weighted by Gasteiger charge is 2.30. The first kappa shape index (κ1) is 15.6. The molecule has 1 fully saturated rings. The summed E-state index contributed by atoms with van der Waals surface area (Å²) in [7, 11) is 0. The molecule has 3 heterocycles. The summed E-state index contributed by atoms with van der Waals surface area (Å²) in [5.74, 6) is 1.72. The van der Waals surface area contributed by atoms with Crippen molar-refractivity contribution in [2.75, 3.05) is 6.54 Å². The van der Waals surface area contributed by atoms with E-state index in [9.17, 15) is 4.79 Å². The molecule has 23 heavy (non-hydrogen) atoms. The van der Waals surface area contributed by atoms with Crippen LogP contribution in [0.3, 0.4) is 0 Å². The number of aryl methyl sites for hydroxylation is 3. The number of carbonyl (C=O) groups is 1. The van der Waals surface area contributed by atoms with E-state index in [0.717, 1.165) is 47.9 Å². The molecule has 1 aliphatic heterocycles. The molecule has 1 amide bonds. The van der Waals surface area contributed by atoms with Crippen LogP contribution in [-0.4, -0.2) is 32.5 Å². The minimum Gasteiger partial charge on any atom is -0.361 e. The van der Waals surface area contributed by atoms with Crippen molar-refractivity contribution in [3.63, 3.8) is 0 Å². The van der Waals surface area contributed by atoms with Crippen molar-refractivity contribution in [1.29, 1.82) is 0 Å². The fraction of sp³-hybridized carbons (Fsp3) is 0.529. The molecule has 2 aromatic rings. The van der Waals surface area contributed by atoms with Crippen LogP contribution in [-0.2, 0) is 11.2 Å². The molecule has 0 aliphatic carbocycles. The Hall–Kier alpha value is -2.24. The number of hydrogen-bond donors (Lipinski definition) is 0. The first-order valence-electron chi connectivity index (χ1n) is 8.07. The van der Waals surface area contributed by atoms with Gasteiger partial charge in [0.2, 0.25) is 5.91 Å². The molecule has 0 N–H and O–H groups in total. The van der Waals surface area contributed by atoms with Gasteiger partial charge in [0.1, 0.15) is 11.6 Å². The van der Waals surface area contributed by atoms with E-state index in [1.165, 1.54) is 0 Å². The summed E-state index contributed by atoms with van der Waals surface area (Å²) < 4.78 is 5.16. The van der Waals surface area contributed by atoms with Crippen LogP contribution in [0.25, 0.3) is 0 Å². The lowest BCUT2D eigenvalue weighted by Crippen LogP contribution is -2.31. The van der Waals surface area contributed by atoms with Gasteiger partial charge in [0.05, 0.1) is 17.4 Å². The maximum Gasteiger partial charge on any atom is 0.223 e. The second kappa shape index (κ2) is 6.48. The summed E-state index contributed by atoms with van der Waals surface area (Å²) >= 11 is 0. The molecule has 0 saturated carbocycles. The summed E-state index contributed by atoms with van der Waals surface area (Å²) in [6.07, 6.45) is 4.90. The van der Waals surface area contributed by atoms with E-state index < -0.39 is 0 Å². The van der Waals surface area contributed by atoms with Gasteiger partial charge >= 0.3 is 0 Å². The predicted molar refractivity (Wildman–Crippen MR) is 84.8 cm³/mol. The van der Waals surface area contributed by atoms with Crippen LogP contribution in [0.4, 0.5) is 0 Å². The van der Waals surface area contributed by atoms with Gasteiger partial charge < -0.3 is 9.42 Å². The zero-order valence-corrected chi connectivity index (χ0v) is 13.9. The SMILES string of the molecule is Cc1nccc(C2CCCN2C(=O)CCc2c(C)noc2C)n1. The number of likely N-dealkylation sites (tertiary alicyclic amines) is 1. The van der Waals surface area contributed by atoms with Crippen LogP contribution in [0, 0.1) is 20.8 Å². The zero-order valence-electron chi connectivity index (χ0n) is 13.9. The summed E-state index contributed by atoms with van der Waals surface area (Å²) in [6, 6.07) is 1.99. The van der Waals surface area contributed by atoms with E-state index in [1.807, 2.05) is 31.7 Å². The van der Waals surface area contributed by atoms with E-state index in [1.54, 1.807) is 6.20 Å². The molecule has 6 nitrogen and oxygen atoms in total. The van der Waals surface area contributed by atoms with Crippen LogP contribution >= 0.6 is 0 Å². The lowest BCUT2D eigenvalue weighted by Gasteiger charge is -2.24. The highest BCUT2D eigenvalue weighted by atomic mass is 16.5. The van der Waals surface area contributed by atoms with E-state index in [0.29, 0.717) is 12.8 Å². The van der Waals surface area contributed by atoms with Crippen molar-refractivity contribution >= 4 is 5.91 Å². The van der Waals surface area contributed by atoms with E-state index >= 15 is 0 Å². The van der Waals surface area contributed by atoms with Crippen LogP contribution in [0.1, 0.15) is 53.8 Å². The second-order valence-corrected chi connectivity index (χ2v) is 6.08. The Morgan fingerprint density at radius 2 is 2.22 bits per heavy atom. The maximum atomic E-state index is 12.7. The van der Waals surface area contributed by atoms with Crippen molar-refractivity contribution in [3.8, 4) is 0 Å². The summed E-state index contributed by atoms with van der Waals surface area (Å²) in [5.41, 5.74) is 2.87. The van der Waals surface area contributed by atoms with Gasteiger partial charge in [-0.2, -0.15) is 0 Å². The maximum absolute atomic E-state index is 12.7. The van der Waals surface area contributed by atoms with Crippen LogP contribution in [0.5, 0.6) is 0 Å². The number of aromatic nitrogens is 3. The van der Waals surface area contributed by atoms with Crippen LogP contribution < -0.4 is 0 Å². The molecule has 0 aromatic carbocycles. The molecule has 1 unspecified atom stereocenters. The van der Waals surface area contributed by atoms with Gasteiger partial charge in [-0.3, -0.25) is 4.79 Å². The molecular formula is C17H22N4O2. The van der Waals surface area contributed by atoms with Gasteiger partial charge in [-0.25, -0.2) is 9.97 Å². The molecule has 0 bridgehead atoms. The first-order valence-corrected chi connectivity index (χ1v) is 8.07. The molecule has 0 radical (unpaired) electrons. The van der Waals surface area contributed by atoms with E-state index in [2.05, 4.69) is 15.1 Å². The van der Waals surface area contributed by atoms with Gasteiger partial charge in [0.15, 0.2) is 0 Å². The Kier molecular flexibility index (Phi) is 4.41.